The molecule has 2 N–H and O–H groups in total. The van der Waals surface area contributed by atoms with E-state index in [1.807, 2.05) is 0 Å². The summed E-state index contributed by atoms with van der Waals surface area (Å²) >= 11 is 0. The molecule has 0 radical (unpaired) electrons. The van der Waals surface area contributed by atoms with Crippen molar-refractivity contribution in [1.82, 2.24) is 15.0 Å². The van der Waals surface area contributed by atoms with E-state index in [1.165, 1.54) is 9.80 Å². The first kappa shape index (κ1) is 13.4. The van der Waals surface area contributed by atoms with Crippen LogP contribution < -0.4 is 14.7 Å². The summed E-state index contributed by atoms with van der Waals surface area (Å²) in [5, 5.41) is 18.1. The van der Waals surface area contributed by atoms with Crippen LogP contribution in [0, 0.1) is 0 Å². The molecule has 0 bridgehead atoms. The third kappa shape index (κ3) is 3.14. The van der Waals surface area contributed by atoms with Crippen molar-refractivity contribution in [1.29, 1.82) is 0 Å². The molecule has 0 aliphatic rings. The minimum atomic E-state index is -0.195. The van der Waals surface area contributed by atoms with Crippen LogP contribution in [-0.2, 0) is 0 Å². The average Bonchev–Trinajstić information content (AvgIpc) is 2.36. The molecule has 0 spiro atoms. The molecule has 0 fully saturated rings. The second-order valence-corrected chi connectivity index (χ2v) is 3.81. The average molecular weight is 242 g/mol. The van der Waals surface area contributed by atoms with Crippen LogP contribution in [0.1, 0.15) is 0 Å². The van der Waals surface area contributed by atoms with Gasteiger partial charge in [0.05, 0.1) is 0 Å². The van der Waals surface area contributed by atoms with Gasteiger partial charge in [-0.2, -0.15) is 15.0 Å². The van der Waals surface area contributed by atoms with Crippen LogP contribution in [0.25, 0.3) is 0 Å². The smallest absolute Gasteiger partial charge is 0.233 e. The van der Waals surface area contributed by atoms with Crippen LogP contribution >= 0.6 is 0 Å². The van der Waals surface area contributed by atoms with Crippen molar-refractivity contribution < 1.29 is 10.2 Å². The highest BCUT2D eigenvalue weighted by Gasteiger charge is 2.13. The normalized spacial score (nSPS) is 10.2. The van der Waals surface area contributed by atoms with E-state index < -0.39 is 0 Å². The van der Waals surface area contributed by atoms with E-state index >= 15 is 0 Å². The first-order valence-electron chi connectivity index (χ1n) is 5.07. The maximum Gasteiger partial charge on any atom is 0.233 e. The highest BCUT2D eigenvalue weighted by molar-refractivity contribution is 5.44. The highest BCUT2D eigenvalue weighted by atomic mass is 16.3. The molecule has 96 valence electrons. The second-order valence-electron chi connectivity index (χ2n) is 3.81. The summed E-state index contributed by atoms with van der Waals surface area (Å²) in [5.74, 6) is 1.16. The highest BCUT2D eigenvalue weighted by Crippen LogP contribution is 2.15. The van der Waals surface area contributed by atoms with Crippen LogP contribution in [0.5, 0.6) is 0 Å². The molecule has 0 amide bonds. The summed E-state index contributed by atoms with van der Waals surface area (Å²) in [6.07, 6.45) is 0. The molecule has 0 saturated heterocycles. The molecule has 0 aliphatic carbocycles. The number of anilines is 3. The molecule has 1 aromatic rings. The topological polar surface area (TPSA) is 88.9 Å². The molecule has 8 nitrogen and oxygen atoms in total. The molecule has 0 aliphatic heterocycles. The van der Waals surface area contributed by atoms with E-state index in [0.717, 1.165) is 0 Å². The lowest BCUT2D eigenvalue weighted by Crippen LogP contribution is -2.27. The van der Waals surface area contributed by atoms with Crippen molar-refractivity contribution in [3.05, 3.63) is 0 Å². The van der Waals surface area contributed by atoms with Crippen molar-refractivity contribution in [2.75, 3.05) is 56.4 Å². The van der Waals surface area contributed by atoms with E-state index in [2.05, 4.69) is 15.0 Å². The fourth-order valence-electron chi connectivity index (χ4n) is 1.01. The Balaban J connectivity index is 3.18. The molecule has 1 heterocycles. The van der Waals surface area contributed by atoms with Crippen molar-refractivity contribution >= 4 is 17.8 Å². The van der Waals surface area contributed by atoms with Crippen LogP contribution in [0.15, 0.2) is 0 Å². The van der Waals surface area contributed by atoms with Gasteiger partial charge in [-0.25, -0.2) is 0 Å². The Bertz CT molecular complexity index is 344. The van der Waals surface area contributed by atoms with Gasteiger partial charge in [0.1, 0.15) is 13.5 Å². The molecular weight excluding hydrogens is 224 g/mol. The number of hydrogen-bond donors (Lipinski definition) is 2. The summed E-state index contributed by atoms with van der Waals surface area (Å²) in [6.45, 7) is -0.391. The molecular formula is C9H18N6O2. The van der Waals surface area contributed by atoms with E-state index in [4.69, 9.17) is 10.2 Å². The van der Waals surface area contributed by atoms with Gasteiger partial charge in [-0.15, -0.1) is 0 Å². The lowest BCUT2D eigenvalue weighted by molar-refractivity contribution is 0.294. The van der Waals surface area contributed by atoms with Gasteiger partial charge in [0.15, 0.2) is 0 Å². The molecule has 8 heteroatoms. The van der Waals surface area contributed by atoms with E-state index in [1.54, 1.807) is 33.1 Å². The largest absolute Gasteiger partial charge is 0.376 e. The molecule has 1 aromatic heterocycles. The van der Waals surface area contributed by atoms with Gasteiger partial charge in [-0.1, -0.05) is 0 Å². The van der Waals surface area contributed by atoms with Crippen LogP contribution in [0.2, 0.25) is 0 Å². The van der Waals surface area contributed by atoms with Gasteiger partial charge in [-0.3, -0.25) is 0 Å². The van der Waals surface area contributed by atoms with Crippen molar-refractivity contribution in [2.45, 2.75) is 0 Å². The number of rotatable bonds is 5. The number of aliphatic hydroxyl groups is 2. The van der Waals surface area contributed by atoms with Gasteiger partial charge in [-0.05, 0) is 0 Å². The third-order valence-corrected chi connectivity index (χ3v) is 2.11. The molecule has 0 aromatic carbocycles. The maximum absolute atomic E-state index is 9.05. The van der Waals surface area contributed by atoms with Gasteiger partial charge in [0.2, 0.25) is 17.8 Å². The lowest BCUT2D eigenvalue weighted by atomic mass is 10.7. The van der Waals surface area contributed by atoms with Crippen LogP contribution in [0.4, 0.5) is 17.8 Å². The summed E-state index contributed by atoms with van der Waals surface area (Å²) in [5.41, 5.74) is 0. The second kappa shape index (κ2) is 5.60. The SMILES string of the molecule is CN(C)c1nc(N(C)CO)nc(N(C)CO)n1. The molecule has 0 atom stereocenters. The van der Waals surface area contributed by atoms with Gasteiger partial charge >= 0.3 is 0 Å². The van der Waals surface area contributed by atoms with Crippen molar-refractivity contribution in [3.8, 4) is 0 Å². The minimum absolute atomic E-state index is 0.195. The number of hydrogen-bond acceptors (Lipinski definition) is 8. The Morgan fingerprint density at radius 1 is 0.765 bits per heavy atom. The predicted octanol–water partition coefficient (Wildman–Crippen LogP) is -1.29. The predicted molar refractivity (Wildman–Crippen MR) is 65.1 cm³/mol. The number of aliphatic hydroxyl groups excluding tert-OH is 2. The quantitative estimate of drug-likeness (QED) is 0.617. The molecule has 1 rings (SSSR count). The standard InChI is InChI=1S/C9H18N6O2/c1-13(2)7-10-8(14(3)5-16)12-9(11-7)15(4)6-17/h16-17H,5-6H2,1-4H3. The molecule has 0 saturated carbocycles. The monoisotopic (exact) mass is 242 g/mol. The van der Waals surface area contributed by atoms with Gasteiger partial charge in [0.25, 0.3) is 0 Å². The fourth-order valence-corrected chi connectivity index (χ4v) is 1.01. The Labute approximate surface area is 100 Å². The Hall–Kier alpha value is -1.67. The van der Waals surface area contributed by atoms with Crippen LogP contribution in [0.3, 0.4) is 0 Å². The zero-order chi connectivity index (χ0) is 13.0. The molecule has 0 unspecified atom stereocenters. The Morgan fingerprint density at radius 3 is 1.41 bits per heavy atom. The lowest BCUT2D eigenvalue weighted by Gasteiger charge is -2.20. The first-order chi connectivity index (χ1) is 7.99. The number of aromatic nitrogens is 3. The Morgan fingerprint density at radius 2 is 1.12 bits per heavy atom. The van der Waals surface area contributed by atoms with Crippen molar-refractivity contribution in [3.63, 3.8) is 0 Å². The summed E-state index contributed by atoms with van der Waals surface area (Å²) in [7, 11) is 6.94. The first-order valence-corrected chi connectivity index (χ1v) is 5.07. The number of nitrogens with zero attached hydrogens (tertiary/aromatic N) is 6. The zero-order valence-corrected chi connectivity index (χ0v) is 10.5. The van der Waals surface area contributed by atoms with Gasteiger partial charge in [0, 0.05) is 28.2 Å². The Kier molecular flexibility index (Phi) is 4.41. The van der Waals surface area contributed by atoms with Gasteiger partial charge < -0.3 is 24.9 Å². The maximum atomic E-state index is 9.05. The summed E-state index contributed by atoms with van der Waals surface area (Å²) < 4.78 is 0. The summed E-state index contributed by atoms with van der Waals surface area (Å²) in [4.78, 5) is 17.2. The zero-order valence-electron chi connectivity index (χ0n) is 10.5. The molecule has 17 heavy (non-hydrogen) atoms. The third-order valence-electron chi connectivity index (χ3n) is 2.11. The summed E-state index contributed by atoms with van der Waals surface area (Å²) in [6, 6.07) is 0. The van der Waals surface area contributed by atoms with Crippen molar-refractivity contribution in [2.24, 2.45) is 0 Å². The van der Waals surface area contributed by atoms with Crippen LogP contribution in [-0.4, -0.2) is 66.8 Å². The minimum Gasteiger partial charge on any atom is -0.376 e. The van der Waals surface area contributed by atoms with E-state index in [-0.39, 0.29) is 13.5 Å². The van der Waals surface area contributed by atoms with E-state index in [9.17, 15) is 0 Å². The fraction of sp³-hybridized carbons (Fsp3) is 0.667. The van der Waals surface area contributed by atoms with E-state index in [0.29, 0.717) is 17.8 Å².